The summed E-state index contributed by atoms with van der Waals surface area (Å²) in [6, 6.07) is 10.5. The Balaban J connectivity index is 1.79. The maximum atomic E-state index is 13.0. The van der Waals surface area contributed by atoms with Crippen LogP contribution in [0, 0.1) is 10.1 Å². The Labute approximate surface area is 174 Å². The molecule has 10 nitrogen and oxygen atoms in total. The van der Waals surface area contributed by atoms with E-state index in [1.54, 1.807) is 25.2 Å². The van der Waals surface area contributed by atoms with Crippen LogP contribution in [-0.4, -0.2) is 56.9 Å². The SMILES string of the molecule is CNc1ccc(C(=O)NCc2ccccc2S(=O)(=O)N2CCOCC2)cc1[N+](=O)[O-]. The molecular formula is C19H22N4O6S. The number of anilines is 1. The van der Waals surface area contributed by atoms with Crippen molar-refractivity contribution in [1.29, 1.82) is 0 Å². The molecule has 1 fully saturated rings. The number of carbonyl (C=O) groups excluding carboxylic acids is 1. The van der Waals surface area contributed by atoms with Crippen LogP contribution in [0.15, 0.2) is 47.4 Å². The van der Waals surface area contributed by atoms with E-state index < -0.39 is 20.9 Å². The highest BCUT2D eigenvalue weighted by atomic mass is 32.2. The number of ether oxygens (including phenoxy) is 1. The molecule has 2 N–H and O–H groups in total. The van der Waals surface area contributed by atoms with Gasteiger partial charge in [-0.15, -0.1) is 0 Å². The third-order valence-electron chi connectivity index (χ3n) is 4.73. The lowest BCUT2D eigenvalue weighted by Gasteiger charge is -2.27. The van der Waals surface area contributed by atoms with E-state index >= 15 is 0 Å². The number of benzene rings is 2. The van der Waals surface area contributed by atoms with Gasteiger partial charge in [0, 0.05) is 38.3 Å². The Kier molecular flexibility index (Phi) is 6.65. The molecule has 1 amide bonds. The number of nitro groups is 1. The predicted octanol–water partition coefficient (Wildman–Crippen LogP) is 1.59. The molecule has 1 saturated heterocycles. The molecular weight excluding hydrogens is 412 g/mol. The summed E-state index contributed by atoms with van der Waals surface area (Å²) in [5.41, 5.74) is 0.604. The largest absolute Gasteiger partial charge is 0.383 e. The van der Waals surface area contributed by atoms with Gasteiger partial charge in [-0.05, 0) is 23.8 Å². The zero-order valence-corrected chi connectivity index (χ0v) is 17.1. The van der Waals surface area contributed by atoms with Crippen molar-refractivity contribution in [3.63, 3.8) is 0 Å². The molecule has 30 heavy (non-hydrogen) atoms. The van der Waals surface area contributed by atoms with Crippen LogP contribution in [-0.2, 0) is 21.3 Å². The second-order valence-corrected chi connectivity index (χ2v) is 8.45. The number of morpholine rings is 1. The molecule has 0 atom stereocenters. The van der Waals surface area contributed by atoms with E-state index in [2.05, 4.69) is 10.6 Å². The van der Waals surface area contributed by atoms with Crippen LogP contribution in [0.5, 0.6) is 0 Å². The summed E-state index contributed by atoms with van der Waals surface area (Å²) in [5, 5.41) is 16.5. The molecule has 0 bridgehead atoms. The summed E-state index contributed by atoms with van der Waals surface area (Å²) >= 11 is 0. The van der Waals surface area contributed by atoms with Gasteiger partial charge in [0.1, 0.15) is 5.69 Å². The number of carbonyl (C=O) groups is 1. The van der Waals surface area contributed by atoms with Gasteiger partial charge in [0.05, 0.1) is 23.0 Å². The van der Waals surface area contributed by atoms with Crippen molar-refractivity contribution in [2.24, 2.45) is 0 Å². The van der Waals surface area contributed by atoms with Crippen LogP contribution in [0.4, 0.5) is 11.4 Å². The predicted molar refractivity (Wildman–Crippen MR) is 110 cm³/mol. The summed E-state index contributed by atoms with van der Waals surface area (Å²) in [7, 11) is -2.18. The number of nitrogens with zero attached hydrogens (tertiary/aromatic N) is 2. The van der Waals surface area contributed by atoms with Gasteiger partial charge in [0.15, 0.2) is 0 Å². The van der Waals surface area contributed by atoms with Crippen molar-refractivity contribution in [1.82, 2.24) is 9.62 Å². The first-order chi connectivity index (χ1) is 14.3. The minimum atomic E-state index is -3.73. The molecule has 3 rings (SSSR count). The van der Waals surface area contributed by atoms with Gasteiger partial charge < -0.3 is 15.4 Å². The van der Waals surface area contributed by atoms with E-state index in [0.29, 0.717) is 24.5 Å². The molecule has 1 heterocycles. The molecule has 11 heteroatoms. The van der Waals surface area contributed by atoms with Crippen molar-refractivity contribution in [3.8, 4) is 0 Å². The Morgan fingerprint density at radius 1 is 1.20 bits per heavy atom. The Morgan fingerprint density at radius 3 is 2.57 bits per heavy atom. The average molecular weight is 434 g/mol. The third kappa shape index (κ3) is 4.58. The number of sulfonamides is 1. The molecule has 2 aromatic rings. The Bertz CT molecular complexity index is 1050. The highest BCUT2D eigenvalue weighted by Crippen LogP contribution is 2.25. The lowest BCUT2D eigenvalue weighted by atomic mass is 10.1. The van der Waals surface area contributed by atoms with Gasteiger partial charge >= 0.3 is 0 Å². The third-order valence-corrected chi connectivity index (χ3v) is 6.72. The van der Waals surface area contributed by atoms with Crippen molar-refractivity contribution in [2.75, 3.05) is 38.7 Å². The van der Waals surface area contributed by atoms with Crippen LogP contribution >= 0.6 is 0 Å². The summed E-state index contributed by atoms with van der Waals surface area (Å²) in [5.74, 6) is -0.542. The standard InChI is InChI=1S/C19H22N4O6S/c1-20-16-7-6-14(12-17(16)23(25)26)19(24)21-13-15-4-2-3-5-18(15)30(27,28)22-8-10-29-11-9-22/h2-7,12,20H,8-11,13H2,1H3,(H,21,24). The summed E-state index contributed by atoms with van der Waals surface area (Å²) < 4.78 is 32.6. The van der Waals surface area contributed by atoms with Crippen LogP contribution < -0.4 is 10.6 Å². The fourth-order valence-corrected chi connectivity index (χ4v) is 4.77. The molecule has 160 valence electrons. The molecule has 0 unspecified atom stereocenters. The molecule has 0 aromatic heterocycles. The Morgan fingerprint density at radius 2 is 1.90 bits per heavy atom. The second-order valence-electron chi connectivity index (χ2n) is 6.55. The van der Waals surface area contributed by atoms with Gasteiger partial charge in [-0.2, -0.15) is 4.31 Å². The van der Waals surface area contributed by atoms with Crippen molar-refractivity contribution < 1.29 is 22.9 Å². The number of hydrogen-bond acceptors (Lipinski definition) is 7. The molecule has 0 radical (unpaired) electrons. The van der Waals surface area contributed by atoms with Crippen molar-refractivity contribution in [3.05, 3.63) is 63.7 Å². The maximum absolute atomic E-state index is 13.0. The number of nitrogens with one attached hydrogen (secondary N) is 2. The first-order valence-corrected chi connectivity index (χ1v) is 10.7. The number of hydrogen-bond donors (Lipinski definition) is 2. The number of nitro benzene ring substituents is 1. The maximum Gasteiger partial charge on any atom is 0.293 e. The van der Waals surface area contributed by atoms with Gasteiger partial charge in [-0.1, -0.05) is 18.2 Å². The zero-order valence-electron chi connectivity index (χ0n) is 16.3. The average Bonchev–Trinajstić information content (AvgIpc) is 2.77. The first-order valence-electron chi connectivity index (χ1n) is 9.25. The highest BCUT2D eigenvalue weighted by Gasteiger charge is 2.28. The van der Waals surface area contributed by atoms with Crippen LogP contribution in [0.1, 0.15) is 15.9 Å². The zero-order chi connectivity index (χ0) is 21.7. The lowest BCUT2D eigenvalue weighted by Crippen LogP contribution is -2.41. The molecule has 0 saturated carbocycles. The summed E-state index contributed by atoms with van der Waals surface area (Å²) in [6.07, 6.45) is 0. The van der Waals surface area contributed by atoms with Crippen molar-refractivity contribution >= 4 is 27.3 Å². The molecule has 2 aromatic carbocycles. The van der Waals surface area contributed by atoms with E-state index in [1.165, 1.54) is 28.6 Å². The normalized spacial score (nSPS) is 14.8. The summed E-state index contributed by atoms with van der Waals surface area (Å²) in [4.78, 5) is 23.3. The summed E-state index contributed by atoms with van der Waals surface area (Å²) in [6.45, 7) is 1.16. The first kappa shape index (κ1) is 21.7. The van der Waals surface area contributed by atoms with E-state index in [0.717, 1.165) is 0 Å². The minimum Gasteiger partial charge on any atom is -0.383 e. The second kappa shape index (κ2) is 9.20. The molecule has 0 aliphatic carbocycles. The van der Waals surface area contributed by atoms with Crippen molar-refractivity contribution in [2.45, 2.75) is 11.4 Å². The van der Waals surface area contributed by atoms with Crippen LogP contribution in [0.25, 0.3) is 0 Å². The van der Waals surface area contributed by atoms with E-state index in [1.807, 2.05) is 0 Å². The monoisotopic (exact) mass is 434 g/mol. The number of rotatable bonds is 7. The van der Waals surface area contributed by atoms with Gasteiger partial charge in [-0.25, -0.2) is 8.42 Å². The van der Waals surface area contributed by atoms with E-state index in [4.69, 9.17) is 4.74 Å². The quantitative estimate of drug-likeness (QED) is 0.500. The fraction of sp³-hybridized carbons (Fsp3) is 0.316. The lowest BCUT2D eigenvalue weighted by molar-refractivity contribution is -0.384. The van der Waals surface area contributed by atoms with Gasteiger partial charge in [0.25, 0.3) is 11.6 Å². The smallest absolute Gasteiger partial charge is 0.293 e. The van der Waals surface area contributed by atoms with Crippen LogP contribution in [0.2, 0.25) is 0 Å². The van der Waals surface area contributed by atoms with Gasteiger partial charge in [0.2, 0.25) is 10.0 Å². The molecule has 1 aliphatic rings. The molecule has 0 spiro atoms. The topological polar surface area (TPSA) is 131 Å². The number of amides is 1. The van der Waals surface area contributed by atoms with E-state index in [9.17, 15) is 23.3 Å². The highest BCUT2D eigenvalue weighted by molar-refractivity contribution is 7.89. The van der Waals surface area contributed by atoms with E-state index in [-0.39, 0.29) is 35.8 Å². The Hall–Kier alpha value is -3.02. The molecule has 1 aliphatic heterocycles. The van der Waals surface area contributed by atoms with Gasteiger partial charge in [-0.3, -0.25) is 14.9 Å². The van der Waals surface area contributed by atoms with Crippen LogP contribution in [0.3, 0.4) is 0 Å². The fourth-order valence-electron chi connectivity index (χ4n) is 3.14. The minimum absolute atomic E-state index is 0.0415.